The molecule has 6 atom stereocenters. The molecule has 162 valence electrons. The van der Waals surface area contributed by atoms with Crippen LogP contribution in [-0.4, -0.2) is 77.6 Å². The lowest BCUT2D eigenvalue weighted by atomic mass is 9.70. The summed E-state index contributed by atoms with van der Waals surface area (Å²) in [6.45, 7) is -0.314. The predicted octanol–water partition coefficient (Wildman–Crippen LogP) is 0.120. The van der Waals surface area contributed by atoms with Crippen molar-refractivity contribution >= 4 is 39.3 Å². The second-order valence-corrected chi connectivity index (χ2v) is 8.93. The Kier molecular flexibility index (Phi) is 5.50. The number of anilines is 1. The zero-order chi connectivity index (χ0) is 21.6. The molecule has 3 amide bonds. The van der Waals surface area contributed by atoms with Crippen LogP contribution >= 0.6 is 15.9 Å². The van der Waals surface area contributed by atoms with Crippen molar-refractivity contribution in [1.82, 2.24) is 10.2 Å². The average molecular weight is 482 g/mol. The molecule has 3 heterocycles. The summed E-state index contributed by atoms with van der Waals surface area (Å²) in [7, 11) is 3.07. The standard InChI is InChI=1S/C20H24BrN3O6/c1-22-17(26)13-14-19(28)24(7-8-25)16(20(14)9-12(21)15(13)30-20)18(27)23-10-3-5-11(29-2)6-4-10/h3-6,12-16,25H,7-9H2,1-2H3,(H,22,26)(H,23,27)/t12?,13-,14-,15-,16?,20?/m0/s1. The van der Waals surface area contributed by atoms with Gasteiger partial charge in [-0.05, 0) is 30.7 Å². The average Bonchev–Trinajstić information content (AvgIpc) is 3.32. The number of halogens is 1. The fourth-order valence-electron chi connectivity index (χ4n) is 5.13. The van der Waals surface area contributed by atoms with E-state index in [0.717, 1.165) is 0 Å². The van der Waals surface area contributed by atoms with Gasteiger partial charge in [0, 0.05) is 24.1 Å². The number of hydrogen-bond donors (Lipinski definition) is 3. The number of aliphatic hydroxyl groups is 1. The van der Waals surface area contributed by atoms with Crippen LogP contribution in [0.5, 0.6) is 5.75 Å². The minimum Gasteiger partial charge on any atom is -0.497 e. The molecular weight excluding hydrogens is 458 g/mol. The first-order valence-corrected chi connectivity index (χ1v) is 10.7. The molecule has 3 saturated heterocycles. The largest absolute Gasteiger partial charge is 0.497 e. The fourth-order valence-corrected chi connectivity index (χ4v) is 6.07. The Labute approximate surface area is 182 Å². The highest BCUT2D eigenvalue weighted by Crippen LogP contribution is 2.59. The Bertz CT molecular complexity index is 865. The highest BCUT2D eigenvalue weighted by Gasteiger charge is 2.76. The summed E-state index contributed by atoms with van der Waals surface area (Å²) in [5, 5.41) is 15.0. The third kappa shape index (κ3) is 3.00. The zero-order valence-electron chi connectivity index (χ0n) is 16.6. The molecule has 3 N–H and O–H groups in total. The van der Waals surface area contributed by atoms with Crippen molar-refractivity contribution in [3.63, 3.8) is 0 Å². The van der Waals surface area contributed by atoms with Crippen molar-refractivity contribution in [3.8, 4) is 5.75 Å². The Morgan fingerprint density at radius 2 is 2.03 bits per heavy atom. The maximum absolute atomic E-state index is 13.4. The van der Waals surface area contributed by atoms with Gasteiger partial charge in [-0.3, -0.25) is 14.4 Å². The molecule has 2 bridgehead atoms. The SMILES string of the molecule is CNC(=O)[C@H]1[C@H]2C(=O)N(CCO)C(C(=O)Nc3ccc(OC)cc3)C23CC(Br)[C@@H]1O3. The molecule has 0 aliphatic carbocycles. The monoisotopic (exact) mass is 481 g/mol. The highest BCUT2D eigenvalue weighted by atomic mass is 79.9. The van der Waals surface area contributed by atoms with E-state index in [-0.39, 0.29) is 29.8 Å². The first-order chi connectivity index (χ1) is 14.4. The molecule has 0 radical (unpaired) electrons. The van der Waals surface area contributed by atoms with Crippen molar-refractivity contribution in [2.75, 3.05) is 32.6 Å². The minimum atomic E-state index is -1.13. The van der Waals surface area contributed by atoms with Gasteiger partial charge in [0.15, 0.2) is 0 Å². The Hall–Kier alpha value is -2.17. The molecule has 3 unspecified atom stereocenters. The van der Waals surface area contributed by atoms with Crippen molar-refractivity contribution in [2.24, 2.45) is 11.8 Å². The number of methoxy groups -OCH3 is 1. The van der Waals surface area contributed by atoms with Crippen LogP contribution in [-0.2, 0) is 19.1 Å². The zero-order valence-corrected chi connectivity index (χ0v) is 18.2. The maximum Gasteiger partial charge on any atom is 0.250 e. The van der Waals surface area contributed by atoms with Crippen molar-refractivity contribution in [2.45, 2.75) is 29.0 Å². The molecule has 4 rings (SSSR count). The van der Waals surface area contributed by atoms with Crippen LogP contribution < -0.4 is 15.4 Å². The van der Waals surface area contributed by atoms with Gasteiger partial charge in [-0.1, -0.05) is 15.9 Å². The van der Waals surface area contributed by atoms with E-state index in [9.17, 15) is 19.5 Å². The molecule has 0 aromatic heterocycles. The number of carbonyl (C=O) groups excluding carboxylic acids is 3. The number of ether oxygens (including phenoxy) is 2. The number of rotatable bonds is 6. The number of carbonyl (C=O) groups is 3. The summed E-state index contributed by atoms with van der Waals surface area (Å²) in [4.78, 5) is 40.4. The van der Waals surface area contributed by atoms with Crippen molar-refractivity contribution in [3.05, 3.63) is 24.3 Å². The number of nitrogens with zero attached hydrogens (tertiary/aromatic N) is 1. The van der Waals surface area contributed by atoms with E-state index in [1.807, 2.05) is 0 Å². The predicted molar refractivity (Wildman–Crippen MR) is 110 cm³/mol. The second kappa shape index (κ2) is 7.82. The number of benzene rings is 1. The Balaban J connectivity index is 1.69. The molecule has 1 aromatic rings. The third-order valence-electron chi connectivity index (χ3n) is 6.29. The van der Waals surface area contributed by atoms with E-state index >= 15 is 0 Å². The van der Waals surface area contributed by atoms with Crippen LogP contribution in [0, 0.1) is 11.8 Å². The van der Waals surface area contributed by atoms with E-state index in [0.29, 0.717) is 17.9 Å². The Morgan fingerprint density at radius 1 is 1.33 bits per heavy atom. The van der Waals surface area contributed by atoms with Crippen LogP contribution in [0.3, 0.4) is 0 Å². The fraction of sp³-hybridized carbons (Fsp3) is 0.550. The summed E-state index contributed by atoms with van der Waals surface area (Å²) in [5.74, 6) is -1.85. The summed E-state index contributed by atoms with van der Waals surface area (Å²) >= 11 is 3.57. The van der Waals surface area contributed by atoms with Crippen LogP contribution in [0.25, 0.3) is 0 Å². The van der Waals surface area contributed by atoms with Gasteiger partial charge < -0.3 is 30.1 Å². The van der Waals surface area contributed by atoms with E-state index < -0.39 is 35.5 Å². The van der Waals surface area contributed by atoms with Crippen LogP contribution in [0.1, 0.15) is 6.42 Å². The summed E-state index contributed by atoms with van der Waals surface area (Å²) in [6.07, 6.45) is -0.0732. The van der Waals surface area contributed by atoms with Gasteiger partial charge in [0.05, 0.1) is 31.7 Å². The van der Waals surface area contributed by atoms with E-state index in [2.05, 4.69) is 26.6 Å². The van der Waals surface area contributed by atoms with Gasteiger partial charge in [0.1, 0.15) is 17.4 Å². The highest BCUT2D eigenvalue weighted by molar-refractivity contribution is 9.09. The molecule has 3 aliphatic heterocycles. The number of nitrogens with one attached hydrogen (secondary N) is 2. The lowest BCUT2D eigenvalue weighted by molar-refractivity contribution is -0.141. The summed E-state index contributed by atoms with van der Waals surface area (Å²) in [6, 6.07) is 5.88. The lowest BCUT2D eigenvalue weighted by Crippen LogP contribution is -2.54. The maximum atomic E-state index is 13.4. The molecule has 3 aliphatic rings. The molecular formula is C20H24BrN3O6. The normalized spacial score (nSPS) is 34.1. The smallest absolute Gasteiger partial charge is 0.250 e. The quantitative estimate of drug-likeness (QED) is 0.496. The van der Waals surface area contributed by atoms with Crippen molar-refractivity contribution in [1.29, 1.82) is 0 Å². The molecule has 10 heteroatoms. The molecule has 9 nitrogen and oxygen atoms in total. The molecule has 3 fully saturated rings. The second-order valence-electron chi connectivity index (χ2n) is 7.75. The topological polar surface area (TPSA) is 117 Å². The number of fused-ring (bicyclic) bond motifs is 1. The first kappa shape index (κ1) is 21.1. The minimum absolute atomic E-state index is 0.0147. The van der Waals surface area contributed by atoms with Crippen LogP contribution in [0.4, 0.5) is 5.69 Å². The van der Waals surface area contributed by atoms with Gasteiger partial charge in [-0.15, -0.1) is 0 Å². The number of aliphatic hydroxyl groups excluding tert-OH is 1. The molecule has 30 heavy (non-hydrogen) atoms. The number of β-amino-alcohol motifs (C(OH)–C–C–N with tert-alkyl or cyclic N) is 1. The van der Waals surface area contributed by atoms with E-state index in [4.69, 9.17) is 9.47 Å². The Morgan fingerprint density at radius 3 is 2.63 bits per heavy atom. The van der Waals surface area contributed by atoms with Gasteiger partial charge in [0.25, 0.3) is 0 Å². The third-order valence-corrected chi connectivity index (χ3v) is 7.13. The van der Waals surface area contributed by atoms with E-state index in [1.165, 1.54) is 11.9 Å². The number of amides is 3. The molecule has 1 aromatic carbocycles. The molecule has 0 saturated carbocycles. The summed E-state index contributed by atoms with van der Waals surface area (Å²) < 4.78 is 11.4. The number of likely N-dealkylation sites (tertiary alicyclic amines) is 1. The van der Waals surface area contributed by atoms with Gasteiger partial charge in [0.2, 0.25) is 17.7 Å². The number of hydrogen-bond acceptors (Lipinski definition) is 6. The molecule has 1 spiro atoms. The van der Waals surface area contributed by atoms with E-state index in [1.54, 1.807) is 31.4 Å². The lowest BCUT2D eigenvalue weighted by Gasteiger charge is -2.33. The number of alkyl halides is 1. The van der Waals surface area contributed by atoms with Gasteiger partial charge in [-0.25, -0.2) is 0 Å². The van der Waals surface area contributed by atoms with Crippen LogP contribution in [0.15, 0.2) is 24.3 Å². The first-order valence-electron chi connectivity index (χ1n) is 9.77. The van der Waals surface area contributed by atoms with Crippen molar-refractivity contribution < 1.29 is 29.0 Å². The summed E-state index contributed by atoms with van der Waals surface area (Å²) in [5.41, 5.74) is -0.582. The van der Waals surface area contributed by atoms with Gasteiger partial charge in [-0.2, -0.15) is 0 Å². The van der Waals surface area contributed by atoms with Crippen LogP contribution in [0.2, 0.25) is 0 Å². The van der Waals surface area contributed by atoms with Gasteiger partial charge >= 0.3 is 0 Å².